The predicted octanol–water partition coefficient (Wildman–Crippen LogP) is 5.15. The highest BCUT2D eigenvalue weighted by atomic mass is 19.1. The molecule has 184 valence electrons. The van der Waals surface area contributed by atoms with Gasteiger partial charge in [0, 0.05) is 34.5 Å². The molecule has 2 aromatic heterocycles. The van der Waals surface area contributed by atoms with Crippen molar-refractivity contribution in [2.75, 3.05) is 19.0 Å². The van der Waals surface area contributed by atoms with Gasteiger partial charge in [0.1, 0.15) is 12.1 Å². The number of nitrogens with zero attached hydrogens (tertiary/aromatic N) is 2. The predicted molar refractivity (Wildman–Crippen MR) is 131 cm³/mol. The second kappa shape index (κ2) is 11.0. The normalized spacial score (nSPS) is 11.1. The number of methoxy groups -OCH3 is 1. The first-order valence-corrected chi connectivity index (χ1v) is 11.4. The van der Waals surface area contributed by atoms with E-state index in [1.54, 1.807) is 36.9 Å². The van der Waals surface area contributed by atoms with Gasteiger partial charge in [-0.3, -0.25) is 10.0 Å². The quantitative estimate of drug-likeness (QED) is 0.133. The van der Waals surface area contributed by atoms with Crippen LogP contribution in [0, 0.1) is 12.7 Å². The molecular weight excluding hydrogens is 453 g/mol. The van der Waals surface area contributed by atoms with E-state index < -0.39 is 0 Å². The molecule has 0 aliphatic heterocycles. The van der Waals surface area contributed by atoms with E-state index in [0.29, 0.717) is 58.7 Å². The minimum absolute atomic E-state index is 0.300. The third-order valence-corrected chi connectivity index (χ3v) is 5.73. The summed E-state index contributed by atoms with van der Waals surface area (Å²) in [5, 5.41) is 12.8. The number of nitrogens with one attached hydrogen (secondary N) is 3. The van der Waals surface area contributed by atoms with Gasteiger partial charge in [0.05, 0.1) is 24.9 Å². The summed E-state index contributed by atoms with van der Waals surface area (Å²) in [5.74, 6) is 0.799. The Morgan fingerprint density at radius 3 is 2.71 bits per heavy atom. The Bertz CT molecular complexity index is 1340. The van der Waals surface area contributed by atoms with Gasteiger partial charge in [0.15, 0.2) is 17.3 Å². The van der Waals surface area contributed by atoms with Crippen molar-refractivity contribution >= 4 is 39.2 Å². The van der Waals surface area contributed by atoms with Crippen LogP contribution in [0.4, 0.5) is 15.9 Å². The molecule has 2 heterocycles. The van der Waals surface area contributed by atoms with Crippen molar-refractivity contribution in [3.63, 3.8) is 0 Å². The SMILES string of the molecule is COc1cc2c(Nc3ccc4[nH]c(C)cc4c3F)ncnc2cc1OCCCCCCC(=O)NO. The van der Waals surface area contributed by atoms with E-state index in [0.717, 1.165) is 30.5 Å². The number of hydrogen-bond donors (Lipinski definition) is 4. The molecule has 10 heteroatoms. The first-order valence-electron chi connectivity index (χ1n) is 11.4. The van der Waals surface area contributed by atoms with Crippen LogP contribution in [-0.2, 0) is 4.79 Å². The number of rotatable bonds is 11. The van der Waals surface area contributed by atoms with Gasteiger partial charge in [-0.05, 0) is 44.0 Å². The number of aromatic nitrogens is 3. The van der Waals surface area contributed by atoms with Crippen LogP contribution in [0.1, 0.15) is 37.8 Å². The lowest BCUT2D eigenvalue weighted by atomic mass is 10.1. The van der Waals surface area contributed by atoms with Gasteiger partial charge in [-0.2, -0.15) is 0 Å². The van der Waals surface area contributed by atoms with Crippen molar-refractivity contribution in [3.8, 4) is 11.5 Å². The molecular formula is C25H28FN5O4. The summed E-state index contributed by atoms with van der Waals surface area (Å²) in [4.78, 5) is 22.8. The molecule has 4 rings (SSSR count). The number of benzene rings is 2. The van der Waals surface area contributed by atoms with E-state index in [9.17, 15) is 4.79 Å². The lowest BCUT2D eigenvalue weighted by Crippen LogP contribution is -2.17. The molecule has 4 aromatic rings. The van der Waals surface area contributed by atoms with Gasteiger partial charge in [-0.1, -0.05) is 12.8 Å². The molecule has 0 atom stereocenters. The summed E-state index contributed by atoms with van der Waals surface area (Å²) in [5.41, 5.74) is 4.19. The van der Waals surface area contributed by atoms with E-state index in [-0.39, 0.29) is 11.7 Å². The summed E-state index contributed by atoms with van der Waals surface area (Å²) in [6.45, 7) is 2.36. The third-order valence-electron chi connectivity index (χ3n) is 5.73. The number of H-pyrrole nitrogens is 1. The van der Waals surface area contributed by atoms with Crippen LogP contribution < -0.4 is 20.3 Å². The molecule has 0 aliphatic carbocycles. The van der Waals surface area contributed by atoms with Crippen molar-refractivity contribution < 1.29 is 23.9 Å². The summed E-state index contributed by atoms with van der Waals surface area (Å²) in [6.07, 6.45) is 4.98. The minimum Gasteiger partial charge on any atom is -0.493 e. The molecule has 9 nitrogen and oxygen atoms in total. The van der Waals surface area contributed by atoms with E-state index in [4.69, 9.17) is 14.7 Å². The van der Waals surface area contributed by atoms with Crippen molar-refractivity contribution in [1.82, 2.24) is 20.4 Å². The molecule has 0 saturated carbocycles. The first-order chi connectivity index (χ1) is 17.0. The van der Waals surface area contributed by atoms with E-state index in [2.05, 4.69) is 20.3 Å². The van der Waals surface area contributed by atoms with Gasteiger partial charge in [-0.25, -0.2) is 19.8 Å². The number of hydroxylamine groups is 1. The highest BCUT2D eigenvalue weighted by Gasteiger charge is 2.15. The number of hydrogen-bond acceptors (Lipinski definition) is 7. The first kappa shape index (κ1) is 24.2. The second-order valence-corrected chi connectivity index (χ2v) is 8.26. The Labute approximate surface area is 201 Å². The second-order valence-electron chi connectivity index (χ2n) is 8.26. The fraction of sp³-hybridized carbons (Fsp3) is 0.320. The summed E-state index contributed by atoms with van der Waals surface area (Å²) >= 11 is 0. The van der Waals surface area contributed by atoms with Crippen LogP contribution in [0.2, 0.25) is 0 Å². The number of aromatic amines is 1. The lowest BCUT2D eigenvalue weighted by molar-refractivity contribution is -0.129. The number of aryl methyl sites for hydroxylation is 1. The number of anilines is 2. The Balaban J connectivity index is 1.47. The van der Waals surface area contributed by atoms with Crippen LogP contribution >= 0.6 is 0 Å². The van der Waals surface area contributed by atoms with Crippen LogP contribution in [0.25, 0.3) is 21.8 Å². The standard InChI is InChI=1S/C25H28FN5O4/c1-15-11-16-18(29-15)8-9-19(24(16)26)30-25-17-12-21(34-2)22(13-20(17)27-14-28-25)35-10-6-4-3-5-7-23(32)31-33/h8-9,11-14,29,33H,3-7,10H2,1-2H3,(H,31,32)(H,27,28,30). The van der Waals surface area contributed by atoms with Crippen molar-refractivity contribution in [3.05, 3.63) is 48.2 Å². The van der Waals surface area contributed by atoms with Gasteiger partial charge < -0.3 is 19.8 Å². The highest BCUT2D eigenvalue weighted by molar-refractivity contribution is 5.94. The molecule has 0 spiro atoms. The Hall–Kier alpha value is -3.92. The fourth-order valence-corrected chi connectivity index (χ4v) is 3.95. The number of fused-ring (bicyclic) bond motifs is 2. The van der Waals surface area contributed by atoms with Crippen LogP contribution in [0.3, 0.4) is 0 Å². The Kier molecular flexibility index (Phi) is 7.61. The van der Waals surface area contributed by atoms with E-state index in [1.807, 2.05) is 13.0 Å². The maximum Gasteiger partial charge on any atom is 0.243 e. The van der Waals surface area contributed by atoms with Crippen LogP contribution in [0.5, 0.6) is 11.5 Å². The van der Waals surface area contributed by atoms with Crippen molar-refractivity contribution in [1.29, 1.82) is 0 Å². The summed E-state index contributed by atoms with van der Waals surface area (Å²) in [6, 6.07) is 8.82. The van der Waals surface area contributed by atoms with Gasteiger partial charge in [-0.15, -0.1) is 0 Å². The zero-order valence-electron chi connectivity index (χ0n) is 19.7. The van der Waals surface area contributed by atoms with Crippen LogP contribution in [0.15, 0.2) is 36.7 Å². The van der Waals surface area contributed by atoms with Gasteiger partial charge >= 0.3 is 0 Å². The maximum atomic E-state index is 15.1. The summed E-state index contributed by atoms with van der Waals surface area (Å²) < 4.78 is 26.5. The van der Waals surface area contributed by atoms with E-state index >= 15 is 4.39 Å². The molecule has 4 N–H and O–H groups in total. The topological polar surface area (TPSA) is 121 Å². The highest BCUT2D eigenvalue weighted by Crippen LogP contribution is 2.36. The largest absolute Gasteiger partial charge is 0.493 e. The molecule has 35 heavy (non-hydrogen) atoms. The number of halogens is 1. The lowest BCUT2D eigenvalue weighted by Gasteiger charge is -2.14. The number of unbranched alkanes of at least 4 members (excludes halogenated alkanes) is 3. The Morgan fingerprint density at radius 1 is 1.09 bits per heavy atom. The molecule has 2 aromatic carbocycles. The Morgan fingerprint density at radius 2 is 1.91 bits per heavy atom. The molecule has 0 fully saturated rings. The number of amides is 1. The molecule has 0 unspecified atom stereocenters. The average Bonchev–Trinajstić information content (AvgIpc) is 3.25. The third kappa shape index (κ3) is 5.60. The zero-order valence-corrected chi connectivity index (χ0v) is 19.7. The molecule has 0 bridgehead atoms. The van der Waals surface area contributed by atoms with Gasteiger partial charge in [0.25, 0.3) is 0 Å². The number of carbonyl (C=O) groups is 1. The summed E-state index contributed by atoms with van der Waals surface area (Å²) in [7, 11) is 1.55. The molecule has 0 saturated heterocycles. The molecule has 0 aliphatic rings. The zero-order chi connectivity index (χ0) is 24.8. The van der Waals surface area contributed by atoms with Crippen molar-refractivity contribution in [2.24, 2.45) is 0 Å². The van der Waals surface area contributed by atoms with Crippen molar-refractivity contribution in [2.45, 2.75) is 39.0 Å². The molecule has 0 radical (unpaired) electrons. The molecule has 1 amide bonds. The minimum atomic E-state index is -0.374. The maximum absolute atomic E-state index is 15.1. The fourth-order valence-electron chi connectivity index (χ4n) is 3.95. The van der Waals surface area contributed by atoms with E-state index in [1.165, 1.54) is 6.33 Å². The smallest absolute Gasteiger partial charge is 0.243 e. The van der Waals surface area contributed by atoms with Crippen LogP contribution in [-0.4, -0.2) is 39.8 Å². The van der Waals surface area contributed by atoms with Gasteiger partial charge in [0.2, 0.25) is 5.91 Å². The number of carbonyl (C=O) groups excluding carboxylic acids is 1. The monoisotopic (exact) mass is 481 g/mol. The average molecular weight is 482 g/mol. The number of ether oxygens (including phenoxy) is 2.